The normalized spacial score (nSPS) is 12.8. The molecule has 5 heteroatoms. The van der Waals surface area contributed by atoms with Crippen molar-refractivity contribution < 1.29 is 4.39 Å². The Labute approximate surface area is 109 Å². The molecule has 2 N–H and O–H groups in total. The second kappa shape index (κ2) is 4.44. The van der Waals surface area contributed by atoms with Crippen LogP contribution in [0.2, 0.25) is 0 Å². The van der Waals surface area contributed by atoms with Crippen LogP contribution in [0.4, 0.5) is 4.39 Å². The SMILES string of the molecule is CC(N)c1nc2ccncn2c1-c1cccc(F)c1. The summed E-state index contributed by atoms with van der Waals surface area (Å²) >= 11 is 0. The maximum atomic E-state index is 13.4. The molecule has 2 heterocycles. The van der Waals surface area contributed by atoms with Crippen LogP contribution in [0, 0.1) is 5.82 Å². The maximum Gasteiger partial charge on any atom is 0.140 e. The highest BCUT2D eigenvalue weighted by Crippen LogP contribution is 2.28. The fourth-order valence-electron chi connectivity index (χ4n) is 2.16. The van der Waals surface area contributed by atoms with Gasteiger partial charge in [-0.15, -0.1) is 0 Å². The number of nitrogens with zero attached hydrogens (tertiary/aromatic N) is 3. The first-order valence-electron chi connectivity index (χ1n) is 6.00. The van der Waals surface area contributed by atoms with Gasteiger partial charge >= 0.3 is 0 Å². The first-order valence-corrected chi connectivity index (χ1v) is 6.00. The van der Waals surface area contributed by atoms with Crippen LogP contribution in [-0.4, -0.2) is 14.4 Å². The smallest absolute Gasteiger partial charge is 0.140 e. The van der Waals surface area contributed by atoms with E-state index in [4.69, 9.17) is 5.73 Å². The summed E-state index contributed by atoms with van der Waals surface area (Å²) in [4.78, 5) is 8.58. The Morgan fingerprint density at radius 1 is 1.32 bits per heavy atom. The van der Waals surface area contributed by atoms with Gasteiger partial charge in [0.05, 0.1) is 11.4 Å². The molecule has 0 saturated heterocycles. The van der Waals surface area contributed by atoms with Gasteiger partial charge in [0.1, 0.15) is 17.8 Å². The van der Waals surface area contributed by atoms with E-state index < -0.39 is 0 Å². The molecule has 1 atom stereocenters. The highest BCUT2D eigenvalue weighted by molar-refractivity contribution is 5.67. The van der Waals surface area contributed by atoms with E-state index in [-0.39, 0.29) is 11.9 Å². The van der Waals surface area contributed by atoms with E-state index in [2.05, 4.69) is 9.97 Å². The molecule has 0 amide bonds. The molecule has 0 bridgehead atoms. The lowest BCUT2D eigenvalue weighted by Crippen LogP contribution is -2.07. The predicted octanol–water partition coefficient (Wildman–Crippen LogP) is 2.56. The largest absolute Gasteiger partial charge is 0.323 e. The summed E-state index contributed by atoms with van der Waals surface area (Å²) in [5.74, 6) is -0.285. The van der Waals surface area contributed by atoms with Crippen LogP contribution >= 0.6 is 0 Å². The summed E-state index contributed by atoms with van der Waals surface area (Å²) in [6.45, 7) is 1.86. The molecule has 1 unspecified atom stereocenters. The Morgan fingerprint density at radius 2 is 2.16 bits per heavy atom. The van der Waals surface area contributed by atoms with Crippen molar-refractivity contribution in [3.63, 3.8) is 0 Å². The maximum absolute atomic E-state index is 13.4. The van der Waals surface area contributed by atoms with Crippen LogP contribution in [0.25, 0.3) is 16.9 Å². The molecular weight excluding hydrogens is 243 g/mol. The molecule has 3 aromatic rings. The molecule has 0 spiro atoms. The van der Waals surface area contributed by atoms with E-state index in [0.29, 0.717) is 0 Å². The van der Waals surface area contributed by atoms with E-state index in [0.717, 1.165) is 22.6 Å². The second-order valence-electron chi connectivity index (χ2n) is 4.45. The number of benzene rings is 1. The highest BCUT2D eigenvalue weighted by atomic mass is 19.1. The summed E-state index contributed by atoms with van der Waals surface area (Å²) < 4.78 is 15.2. The van der Waals surface area contributed by atoms with E-state index in [1.807, 2.05) is 17.4 Å². The van der Waals surface area contributed by atoms with Gasteiger partial charge in [-0.05, 0) is 25.1 Å². The minimum atomic E-state index is -0.285. The van der Waals surface area contributed by atoms with Crippen LogP contribution in [0.3, 0.4) is 0 Å². The molecule has 19 heavy (non-hydrogen) atoms. The van der Waals surface area contributed by atoms with E-state index in [1.165, 1.54) is 12.1 Å². The Morgan fingerprint density at radius 3 is 2.89 bits per heavy atom. The van der Waals surface area contributed by atoms with Crippen LogP contribution in [-0.2, 0) is 0 Å². The molecule has 1 aromatic carbocycles. The molecule has 0 aliphatic carbocycles. The minimum Gasteiger partial charge on any atom is -0.323 e. The molecule has 0 fully saturated rings. The van der Waals surface area contributed by atoms with Crippen molar-refractivity contribution in [3.8, 4) is 11.3 Å². The summed E-state index contributed by atoms with van der Waals surface area (Å²) in [5.41, 5.74) is 8.98. The fraction of sp³-hybridized carbons (Fsp3) is 0.143. The Kier molecular flexibility index (Phi) is 2.76. The van der Waals surface area contributed by atoms with Crippen molar-refractivity contribution in [3.05, 3.63) is 54.4 Å². The molecule has 0 aliphatic heterocycles. The Hall–Kier alpha value is -2.27. The zero-order chi connectivity index (χ0) is 13.4. The number of aromatic nitrogens is 3. The Balaban J connectivity index is 2.34. The zero-order valence-corrected chi connectivity index (χ0v) is 10.4. The molecule has 3 rings (SSSR count). The first kappa shape index (κ1) is 11.8. The van der Waals surface area contributed by atoms with Gasteiger partial charge in [-0.3, -0.25) is 4.40 Å². The number of rotatable bonds is 2. The van der Waals surface area contributed by atoms with Crippen molar-refractivity contribution in [1.82, 2.24) is 14.4 Å². The van der Waals surface area contributed by atoms with Crippen LogP contribution in [0.15, 0.2) is 42.9 Å². The lowest BCUT2D eigenvalue weighted by Gasteiger charge is -2.07. The average molecular weight is 256 g/mol. The third-order valence-electron chi connectivity index (χ3n) is 2.99. The predicted molar refractivity (Wildman–Crippen MR) is 71.0 cm³/mol. The molecule has 4 nitrogen and oxygen atoms in total. The third-order valence-corrected chi connectivity index (χ3v) is 2.99. The van der Waals surface area contributed by atoms with Gasteiger partial charge in [-0.2, -0.15) is 0 Å². The quantitative estimate of drug-likeness (QED) is 0.766. The molecular formula is C14H13FN4. The van der Waals surface area contributed by atoms with Crippen LogP contribution in [0.1, 0.15) is 18.7 Å². The summed E-state index contributed by atoms with van der Waals surface area (Å²) in [6, 6.07) is 7.96. The molecule has 0 saturated carbocycles. The number of imidazole rings is 1. The van der Waals surface area contributed by atoms with Crippen molar-refractivity contribution in [2.24, 2.45) is 5.73 Å². The molecule has 2 aromatic heterocycles. The van der Waals surface area contributed by atoms with Gasteiger partial charge < -0.3 is 5.73 Å². The van der Waals surface area contributed by atoms with Crippen molar-refractivity contribution in [2.45, 2.75) is 13.0 Å². The number of fused-ring (bicyclic) bond motifs is 1. The van der Waals surface area contributed by atoms with Crippen LogP contribution in [0.5, 0.6) is 0 Å². The highest BCUT2D eigenvalue weighted by Gasteiger charge is 2.17. The Bertz CT molecular complexity index is 733. The number of nitrogens with two attached hydrogens (primary N) is 1. The second-order valence-corrected chi connectivity index (χ2v) is 4.45. The number of halogens is 1. The van der Waals surface area contributed by atoms with Crippen molar-refractivity contribution in [1.29, 1.82) is 0 Å². The number of hydrogen-bond acceptors (Lipinski definition) is 3. The van der Waals surface area contributed by atoms with Gasteiger partial charge in [0.15, 0.2) is 0 Å². The topological polar surface area (TPSA) is 56.2 Å². The summed E-state index contributed by atoms with van der Waals surface area (Å²) in [5, 5.41) is 0. The average Bonchev–Trinajstić information content (AvgIpc) is 2.78. The molecule has 96 valence electrons. The van der Waals surface area contributed by atoms with Gasteiger partial charge in [0.25, 0.3) is 0 Å². The summed E-state index contributed by atoms with van der Waals surface area (Å²) in [7, 11) is 0. The third kappa shape index (κ3) is 1.98. The lowest BCUT2D eigenvalue weighted by molar-refractivity contribution is 0.628. The fourth-order valence-corrected chi connectivity index (χ4v) is 2.16. The zero-order valence-electron chi connectivity index (χ0n) is 10.4. The van der Waals surface area contributed by atoms with Gasteiger partial charge in [-0.1, -0.05) is 12.1 Å². The van der Waals surface area contributed by atoms with E-state index in [1.54, 1.807) is 24.7 Å². The van der Waals surface area contributed by atoms with Crippen LogP contribution < -0.4 is 5.73 Å². The first-order chi connectivity index (χ1) is 9.16. The monoisotopic (exact) mass is 256 g/mol. The number of hydrogen-bond donors (Lipinski definition) is 1. The van der Waals surface area contributed by atoms with E-state index in [9.17, 15) is 4.39 Å². The van der Waals surface area contributed by atoms with Gasteiger partial charge in [-0.25, -0.2) is 14.4 Å². The van der Waals surface area contributed by atoms with E-state index >= 15 is 0 Å². The van der Waals surface area contributed by atoms with Gasteiger partial charge in [0, 0.05) is 17.8 Å². The van der Waals surface area contributed by atoms with Crippen molar-refractivity contribution in [2.75, 3.05) is 0 Å². The standard InChI is InChI=1S/C14H13FN4/c1-9(16)13-14(10-3-2-4-11(15)7-10)19-8-17-6-5-12(19)18-13/h2-9H,16H2,1H3. The van der Waals surface area contributed by atoms with Gasteiger partial charge in [0.2, 0.25) is 0 Å². The summed E-state index contributed by atoms with van der Waals surface area (Å²) in [6.07, 6.45) is 3.33. The molecule has 0 aliphatic rings. The molecule has 0 radical (unpaired) electrons. The lowest BCUT2D eigenvalue weighted by atomic mass is 10.1. The minimum absolute atomic E-state index is 0.238. The van der Waals surface area contributed by atoms with Crippen molar-refractivity contribution >= 4 is 5.65 Å².